The van der Waals surface area contributed by atoms with Crippen LogP contribution in [0.4, 0.5) is 0 Å². The molecule has 0 aromatic carbocycles. The Balaban J connectivity index is 0.000000311. The lowest BCUT2D eigenvalue weighted by molar-refractivity contribution is -0.337. The molecule has 11 heteroatoms. The van der Waals surface area contributed by atoms with E-state index in [0.717, 1.165) is 56.1 Å². The number of hydrogen-bond donors (Lipinski definition) is 1. The number of ketones is 2. The first-order valence-corrected chi connectivity index (χ1v) is 13.2. The molecule has 0 saturated carbocycles. The molecule has 3 aliphatic rings. The van der Waals surface area contributed by atoms with E-state index in [1.54, 1.807) is 13.8 Å². The van der Waals surface area contributed by atoms with Crippen LogP contribution < -0.4 is 0 Å². The molecular formula is C29H44O11. The Kier molecular flexibility index (Phi) is 13.9. The number of carbonyl (C=O) groups is 4. The zero-order valence-corrected chi connectivity index (χ0v) is 24.9. The van der Waals surface area contributed by atoms with Crippen LogP contribution in [-0.2, 0) is 47.6 Å². The summed E-state index contributed by atoms with van der Waals surface area (Å²) in [5.74, 6) is -3.38. The van der Waals surface area contributed by atoms with E-state index in [0.29, 0.717) is 0 Å². The molecule has 0 aromatic heterocycles. The van der Waals surface area contributed by atoms with E-state index in [2.05, 4.69) is 29.8 Å². The summed E-state index contributed by atoms with van der Waals surface area (Å²) in [6.45, 7) is 4.75. The summed E-state index contributed by atoms with van der Waals surface area (Å²) in [6, 6.07) is 0. The summed E-state index contributed by atoms with van der Waals surface area (Å²) in [6.07, 6.45) is 13.5. The number of aliphatic hydroxyl groups is 1. The molecule has 0 spiro atoms. The molecule has 1 aliphatic heterocycles. The minimum atomic E-state index is -1.73. The fourth-order valence-corrected chi connectivity index (χ4v) is 4.38. The monoisotopic (exact) mass is 568 g/mol. The van der Waals surface area contributed by atoms with Crippen molar-refractivity contribution in [2.75, 3.05) is 35.5 Å². The van der Waals surface area contributed by atoms with E-state index in [1.165, 1.54) is 55.0 Å². The minimum absolute atomic E-state index is 0.00599. The van der Waals surface area contributed by atoms with Crippen LogP contribution in [0.2, 0.25) is 0 Å². The molecule has 0 aromatic rings. The second-order valence-corrected chi connectivity index (χ2v) is 9.74. The van der Waals surface area contributed by atoms with Gasteiger partial charge in [-0.15, -0.1) is 0 Å². The third kappa shape index (κ3) is 8.57. The molecular weight excluding hydrogens is 524 g/mol. The lowest BCUT2D eigenvalue weighted by Gasteiger charge is -2.28. The number of rotatable bonds is 8. The number of hydrogen-bond acceptors (Lipinski definition) is 11. The van der Waals surface area contributed by atoms with Crippen molar-refractivity contribution in [3.05, 3.63) is 35.1 Å². The maximum absolute atomic E-state index is 12.0. The van der Waals surface area contributed by atoms with Gasteiger partial charge in [0.15, 0.2) is 11.4 Å². The molecule has 3 rings (SSSR count). The van der Waals surface area contributed by atoms with Gasteiger partial charge in [-0.1, -0.05) is 12.2 Å². The van der Waals surface area contributed by atoms with E-state index >= 15 is 0 Å². The number of Topliss-reactive ketones (excluding diaryl/α,β-unsaturated/α-hetero) is 1. The highest BCUT2D eigenvalue weighted by molar-refractivity contribution is 6.07. The van der Waals surface area contributed by atoms with Gasteiger partial charge in [-0.3, -0.25) is 9.59 Å². The van der Waals surface area contributed by atoms with Crippen molar-refractivity contribution >= 4 is 23.5 Å². The van der Waals surface area contributed by atoms with Crippen LogP contribution in [0.25, 0.3) is 0 Å². The molecule has 0 radical (unpaired) electrons. The first-order chi connectivity index (χ1) is 18.8. The largest absolute Gasteiger partial charge is 0.467 e. The Hall–Kier alpha value is -2.86. The van der Waals surface area contributed by atoms with Gasteiger partial charge in [0.25, 0.3) is 0 Å². The summed E-state index contributed by atoms with van der Waals surface area (Å²) < 4.78 is 28.5. The second-order valence-electron chi connectivity index (χ2n) is 9.74. The molecule has 11 nitrogen and oxygen atoms in total. The van der Waals surface area contributed by atoms with Crippen molar-refractivity contribution in [3.8, 4) is 0 Å². The average molecular weight is 569 g/mol. The fourth-order valence-electron chi connectivity index (χ4n) is 4.38. The molecule has 2 aliphatic carbocycles. The summed E-state index contributed by atoms with van der Waals surface area (Å²) in [7, 11) is 6.33. The first kappa shape index (κ1) is 35.2. The zero-order valence-electron chi connectivity index (χ0n) is 24.9. The van der Waals surface area contributed by atoms with Gasteiger partial charge in [0.05, 0.1) is 14.2 Å². The summed E-state index contributed by atoms with van der Waals surface area (Å²) in [5.41, 5.74) is -0.324. The van der Waals surface area contributed by atoms with Gasteiger partial charge < -0.3 is 33.5 Å². The smallest absolute Gasteiger partial charge is 0.397 e. The van der Waals surface area contributed by atoms with E-state index in [1.807, 2.05) is 6.08 Å². The molecule has 0 fully saturated rings. The Morgan fingerprint density at radius 1 is 0.900 bits per heavy atom. The third-order valence-electron chi connectivity index (χ3n) is 7.18. The zero-order chi connectivity index (χ0) is 30.6. The van der Waals surface area contributed by atoms with Crippen molar-refractivity contribution in [3.63, 3.8) is 0 Å². The maximum atomic E-state index is 12.0. The summed E-state index contributed by atoms with van der Waals surface area (Å²) in [5, 5.41) is 9.80. The molecule has 2 unspecified atom stereocenters. The average Bonchev–Trinajstić information content (AvgIpc) is 3.30. The lowest BCUT2D eigenvalue weighted by Crippen LogP contribution is -2.45. The first-order valence-electron chi connectivity index (χ1n) is 13.2. The molecule has 40 heavy (non-hydrogen) atoms. The Labute approximate surface area is 236 Å². The van der Waals surface area contributed by atoms with Gasteiger partial charge in [-0.25, -0.2) is 9.59 Å². The molecule has 1 heterocycles. The van der Waals surface area contributed by atoms with Crippen LogP contribution in [0.5, 0.6) is 0 Å². The maximum Gasteiger partial charge on any atom is 0.397 e. The number of allylic oxidation sites excluding steroid dienone is 2. The van der Waals surface area contributed by atoms with Crippen LogP contribution >= 0.6 is 0 Å². The highest BCUT2D eigenvalue weighted by atomic mass is 16.9. The van der Waals surface area contributed by atoms with Crippen molar-refractivity contribution in [1.29, 1.82) is 0 Å². The van der Waals surface area contributed by atoms with Gasteiger partial charge in [-0.05, 0) is 83.3 Å². The Morgan fingerprint density at radius 2 is 1.45 bits per heavy atom. The number of esters is 2. The topological polar surface area (TPSA) is 144 Å². The minimum Gasteiger partial charge on any atom is -0.467 e. The summed E-state index contributed by atoms with van der Waals surface area (Å²) in [4.78, 5) is 45.3. The quantitative estimate of drug-likeness (QED) is 0.261. The molecule has 1 N–H and O–H groups in total. The van der Waals surface area contributed by atoms with E-state index in [4.69, 9.17) is 4.74 Å². The van der Waals surface area contributed by atoms with Crippen molar-refractivity contribution in [2.24, 2.45) is 0 Å². The normalized spacial score (nSPS) is 21.9. The SMILES string of the molecule is CC(=O)C(C)(O)C1=CCCCC1.COC(=O)C(OC)(OC)OC.COC(=O)C1=CC(=O)C(C)(C2=CCCCC2)O1. The molecule has 0 amide bonds. The van der Waals surface area contributed by atoms with Crippen molar-refractivity contribution in [2.45, 2.75) is 89.3 Å². The number of carbonyl (C=O) groups excluding carboxylic acids is 4. The third-order valence-corrected chi connectivity index (χ3v) is 7.18. The van der Waals surface area contributed by atoms with Crippen molar-refractivity contribution < 1.29 is 52.7 Å². The lowest BCUT2D eigenvalue weighted by atomic mass is 9.84. The standard InChI is InChI=1S/C13H16O4.C10H16O2.C6H12O5/c1-13(9-6-4-3-5-7-9)11(14)8-10(17-13)12(15)16-2;1-8(11)10(2,12)9-6-4-3-5-7-9;1-8-5(7)6(9-2,10-3)11-4/h6,8H,3-5,7H2,1-2H3;6,12H,3-5,7H2,1-2H3;1-4H3. The highest BCUT2D eigenvalue weighted by Gasteiger charge is 2.45. The van der Waals surface area contributed by atoms with Gasteiger partial charge in [0.1, 0.15) is 5.60 Å². The van der Waals surface area contributed by atoms with Crippen LogP contribution in [0.15, 0.2) is 35.1 Å². The summed E-state index contributed by atoms with van der Waals surface area (Å²) >= 11 is 0. The van der Waals surface area contributed by atoms with E-state index in [-0.39, 0.29) is 17.3 Å². The highest BCUT2D eigenvalue weighted by Crippen LogP contribution is 2.37. The molecule has 2 atom stereocenters. The molecule has 0 bridgehead atoms. The number of ether oxygens (including phenoxy) is 6. The van der Waals surface area contributed by atoms with E-state index < -0.39 is 29.1 Å². The fraction of sp³-hybridized carbons (Fsp3) is 0.655. The van der Waals surface area contributed by atoms with Gasteiger partial charge >= 0.3 is 17.9 Å². The molecule has 0 saturated heterocycles. The van der Waals surface area contributed by atoms with Gasteiger partial charge in [-0.2, -0.15) is 0 Å². The van der Waals surface area contributed by atoms with Crippen LogP contribution in [0.3, 0.4) is 0 Å². The van der Waals surface area contributed by atoms with Gasteiger partial charge in [0.2, 0.25) is 11.5 Å². The Morgan fingerprint density at radius 3 is 1.82 bits per heavy atom. The van der Waals surface area contributed by atoms with Crippen LogP contribution in [0, 0.1) is 0 Å². The second kappa shape index (κ2) is 15.8. The molecule has 226 valence electrons. The predicted molar refractivity (Wildman–Crippen MR) is 145 cm³/mol. The van der Waals surface area contributed by atoms with Crippen LogP contribution in [-0.4, -0.2) is 81.3 Å². The van der Waals surface area contributed by atoms with Gasteiger partial charge in [0, 0.05) is 27.4 Å². The van der Waals surface area contributed by atoms with Crippen LogP contribution in [0.1, 0.15) is 72.1 Å². The van der Waals surface area contributed by atoms with E-state index in [9.17, 15) is 24.3 Å². The predicted octanol–water partition coefficient (Wildman–Crippen LogP) is 3.48. The van der Waals surface area contributed by atoms with Crippen molar-refractivity contribution in [1.82, 2.24) is 0 Å². The Bertz CT molecular complexity index is 993. The number of methoxy groups -OCH3 is 5.